The molecule has 0 radical (unpaired) electrons. The molecule has 1 saturated heterocycles. The summed E-state index contributed by atoms with van der Waals surface area (Å²) < 4.78 is 35.8. The Morgan fingerprint density at radius 1 is 1.09 bits per heavy atom. The number of aliphatic carboxylic acids is 1. The van der Waals surface area contributed by atoms with Crippen molar-refractivity contribution in [2.45, 2.75) is 31.5 Å². The van der Waals surface area contributed by atoms with Gasteiger partial charge in [-0.3, -0.25) is 0 Å². The predicted octanol–water partition coefficient (Wildman–Crippen LogP) is 5.76. The first kappa shape index (κ1) is 23.1. The lowest BCUT2D eigenvalue weighted by molar-refractivity contribution is -0.158. The second-order valence-corrected chi connectivity index (χ2v) is 8.20. The van der Waals surface area contributed by atoms with E-state index in [0.717, 1.165) is 6.42 Å². The number of fused-ring (bicyclic) bond motifs is 1. The van der Waals surface area contributed by atoms with Crippen molar-refractivity contribution in [3.8, 4) is 17.2 Å². The minimum absolute atomic E-state index is 0.188. The maximum Gasteiger partial charge on any atom is 0.332 e. The van der Waals surface area contributed by atoms with E-state index in [4.69, 9.17) is 35.7 Å². The number of allylic oxidation sites excluding steroid dienone is 1. The monoisotopic (exact) mass is 474 g/mol. The van der Waals surface area contributed by atoms with Crippen LogP contribution in [0.4, 0.5) is 4.39 Å². The highest BCUT2D eigenvalue weighted by molar-refractivity contribution is 6.32. The van der Waals surface area contributed by atoms with Gasteiger partial charge in [-0.1, -0.05) is 17.7 Å². The molecule has 0 saturated carbocycles. The quantitative estimate of drug-likeness (QED) is 0.466. The third kappa shape index (κ3) is 6.27. The Kier molecular flexibility index (Phi) is 7.52. The van der Waals surface area contributed by atoms with Crippen LogP contribution in [0.15, 0.2) is 66.5 Å². The van der Waals surface area contributed by atoms with Crippen LogP contribution < -0.4 is 9.47 Å². The molecule has 2 aromatic rings. The van der Waals surface area contributed by atoms with Crippen molar-refractivity contribution in [2.24, 2.45) is 5.92 Å². The zero-order valence-electron chi connectivity index (χ0n) is 17.8. The fourth-order valence-electron chi connectivity index (χ4n) is 3.68. The molecule has 6 nitrogen and oxygen atoms in total. The highest BCUT2D eigenvalue weighted by Gasteiger charge is 2.34. The first-order valence-electron chi connectivity index (χ1n) is 10.7. The van der Waals surface area contributed by atoms with Crippen molar-refractivity contribution < 1.29 is 33.2 Å². The van der Waals surface area contributed by atoms with Crippen LogP contribution >= 0.6 is 11.6 Å². The second-order valence-electron chi connectivity index (χ2n) is 7.80. The number of benzene rings is 2. The smallest absolute Gasteiger partial charge is 0.332 e. The van der Waals surface area contributed by atoms with Gasteiger partial charge >= 0.3 is 5.97 Å². The predicted molar refractivity (Wildman–Crippen MR) is 120 cm³/mol. The molecule has 3 unspecified atom stereocenters. The maximum absolute atomic E-state index is 13.0. The summed E-state index contributed by atoms with van der Waals surface area (Å²) in [7, 11) is 0. The van der Waals surface area contributed by atoms with Crippen LogP contribution in [0.3, 0.4) is 0 Å². The van der Waals surface area contributed by atoms with E-state index in [9.17, 15) is 9.18 Å². The Bertz CT molecular complexity index is 1040. The SMILES string of the molecule is O=C(O)C1CCC2C=CC(OCCCOc3ccc(Oc4ccc(F)cc4)cc3Cl)=CC2O1. The minimum Gasteiger partial charge on any atom is -0.494 e. The molecule has 1 aliphatic carbocycles. The lowest BCUT2D eigenvalue weighted by atomic mass is 9.88. The lowest BCUT2D eigenvalue weighted by Gasteiger charge is -2.33. The van der Waals surface area contributed by atoms with Crippen molar-refractivity contribution in [3.63, 3.8) is 0 Å². The molecule has 3 atom stereocenters. The van der Waals surface area contributed by atoms with Gasteiger partial charge < -0.3 is 24.1 Å². The van der Waals surface area contributed by atoms with Crippen LogP contribution in [-0.2, 0) is 14.3 Å². The highest BCUT2D eigenvalue weighted by Crippen LogP contribution is 2.32. The Labute approximate surface area is 196 Å². The molecule has 4 rings (SSSR count). The van der Waals surface area contributed by atoms with Gasteiger partial charge in [-0.2, -0.15) is 0 Å². The first-order valence-corrected chi connectivity index (χ1v) is 11.1. The number of carboxylic acids is 1. The lowest BCUT2D eigenvalue weighted by Crippen LogP contribution is -2.38. The van der Waals surface area contributed by atoms with Gasteiger partial charge in [0, 0.05) is 18.4 Å². The third-order valence-corrected chi connectivity index (χ3v) is 5.68. The van der Waals surface area contributed by atoms with Crippen LogP contribution in [0.5, 0.6) is 17.2 Å². The van der Waals surface area contributed by atoms with Crippen molar-refractivity contribution in [1.82, 2.24) is 0 Å². The molecule has 0 spiro atoms. The van der Waals surface area contributed by atoms with E-state index in [1.54, 1.807) is 18.2 Å². The van der Waals surface area contributed by atoms with Gasteiger partial charge in [-0.15, -0.1) is 0 Å². The Morgan fingerprint density at radius 2 is 1.85 bits per heavy atom. The molecular weight excluding hydrogens is 451 g/mol. The van der Waals surface area contributed by atoms with Gasteiger partial charge in [0.2, 0.25) is 0 Å². The number of hydrogen-bond donors (Lipinski definition) is 1. The average molecular weight is 475 g/mol. The molecule has 1 aliphatic heterocycles. The standard InChI is InChI=1S/C25H24ClFO6/c26-21-14-20(32-18-7-4-17(27)5-8-18)9-11-22(21)31-13-1-12-30-19-6-2-16-3-10-23(25(28)29)33-24(16)15-19/h2,4-9,11,14-16,23-24H,1,3,10,12-13H2,(H,28,29). The van der Waals surface area contributed by atoms with Crippen LogP contribution in [-0.4, -0.2) is 36.5 Å². The average Bonchev–Trinajstić information content (AvgIpc) is 2.81. The molecule has 33 heavy (non-hydrogen) atoms. The molecule has 0 amide bonds. The number of carboxylic acid groups (broad SMARTS) is 1. The molecule has 2 aliphatic rings. The van der Waals surface area contributed by atoms with Crippen molar-refractivity contribution in [1.29, 1.82) is 0 Å². The van der Waals surface area contributed by atoms with Crippen LogP contribution in [0.2, 0.25) is 5.02 Å². The van der Waals surface area contributed by atoms with Crippen molar-refractivity contribution >= 4 is 17.6 Å². The molecule has 174 valence electrons. The number of halogens is 2. The summed E-state index contributed by atoms with van der Waals surface area (Å²) in [6, 6.07) is 10.8. The second kappa shape index (κ2) is 10.7. The van der Waals surface area contributed by atoms with Gasteiger partial charge in [0.1, 0.15) is 28.8 Å². The maximum atomic E-state index is 13.0. The van der Waals surface area contributed by atoms with Gasteiger partial charge in [0.05, 0.1) is 24.3 Å². The zero-order chi connectivity index (χ0) is 23.2. The van der Waals surface area contributed by atoms with Crippen LogP contribution in [0.1, 0.15) is 19.3 Å². The molecule has 0 bridgehead atoms. The summed E-state index contributed by atoms with van der Waals surface area (Å²) in [5.74, 6) is 1.15. The summed E-state index contributed by atoms with van der Waals surface area (Å²) in [6.45, 7) is 0.831. The van der Waals surface area contributed by atoms with E-state index in [1.165, 1.54) is 24.3 Å². The molecule has 0 aromatic heterocycles. The summed E-state index contributed by atoms with van der Waals surface area (Å²) in [4.78, 5) is 11.2. The molecular formula is C25H24ClFO6. The zero-order valence-corrected chi connectivity index (χ0v) is 18.5. The van der Waals surface area contributed by atoms with Crippen LogP contribution in [0.25, 0.3) is 0 Å². The van der Waals surface area contributed by atoms with E-state index in [0.29, 0.717) is 54.1 Å². The number of hydrogen-bond acceptors (Lipinski definition) is 5. The molecule has 2 aromatic carbocycles. The highest BCUT2D eigenvalue weighted by atomic mass is 35.5. The summed E-state index contributed by atoms with van der Waals surface area (Å²) in [5.41, 5.74) is 0. The fourth-order valence-corrected chi connectivity index (χ4v) is 3.91. The van der Waals surface area contributed by atoms with Crippen molar-refractivity contribution in [2.75, 3.05) is 13.2 Å². The number of carbonyl (C=O) groups is 1. The molecule has 1 fully saturated rings. The molecule has 1 heterocycles. The Hall–Kier alpha value is -3.03. The van der Waals surface area contributed by atoms with Crippen LogP contribution in [0, 0.1) is 11.7 Å². The minimum atomic E-state index is -0.926. The summed E-state index contributed by atoms with van der Waals surface area (Å²) >= 11 is 6.28. The molecule has 8 heteroatoms. The topological polar surface area (TPSA) is 74.2 Å². The summed E-state index contributed by atoms with van der Waals surface area (Å²) in [5, 5.41) is 9.57. The van der Waals surface area contributed by atoms with E-state index in [-0.39, 0.29) is 17.8 Å². The largest absolute Gasteiger partial charge is 0.494 e. The fraction of sp³-hybridized carbons (Fsp3) is 0.320. The number of rotatable bonds is 9. The van der Waals surface area contributed by atoms with Gasteiger partial charge in [0.25, 0.3) is 0 Å². The normalized spacial score (nSPS) is 21.6. The first-order chi connectivity index (χ1) is 16.0. The van der Waals surface area contributed by atoms with E-state index < -0.39 is 12.1 Å². The van der Waals surface area contributed by atoms with Gasteiger partial charge in [-0.05, 0) is 61.4 Å². The van der Waals surface area contributed by atoms with E-state index in [2.05, 4.69) is 0 Å². The van der Waals surface area contributed by atoms with E-state index in [1.807, 2.05) is 18.2 Å². The third-order valence-electron chi connectivity index (χ3n) is 5.38. The van der Waals surface area contributed by atoms with Crippen molar-refractivity contribution in [3.05, 3.63) is 77.3 Å². The van der Waals surface area contributed by atoms with E-state index >= 15 is 0 Å². The van der Waals surface area contributed by atoms with Gasteiger partial charge in [0.15, 0.2) is 6.10 Å². The number of ether oxygens (including phenoxy) is 4. The van der Waals surface area contributed by atoms with Gasteiger partial charge in [-0.25, -0.2) is 9.18 Å². The Morgan fingerprint density at radius 3 is 2.61 bits per heavy atom. The Balaban J connectivity index is 1.20. The summed E-state index contributed by atoms with van der Waals surface area (Å²) in [6.07, 6.45) is 6.66. The molecule has 1 N–H and O–H groups in total.